The lowest BCUT2D eigenvalue weighted by molar-refractivity contribution is -0.119. The van der Waals surface area contributed by atoms with Crippen molar-refractivity contribution in [3.05, 3.63) is 63.6 Å². The van der Waals surface area contributed by atoms with E-state index in [4.69, 9.17) is 28.9 Å². The number of para-hydroxylation sites is 1. The highest BCUT2D eigenvalue weighted by atomic mass is 35.5. The lowest BCUT2D eigenvalue weighted by atomic mass is 10.1. The van der Waals surface area contributed by atoms with Crippen molar-refractivity contribution in [1.29, 1.82) is 0 Å². The van der Waals surface area contributed by atoms with Crippen molar-refractivity contribution < 1.29 is 9.59 Å². The van der Waals surface area contributed by atoms with Gasteiger partial charge in [-0.15, -0.1) is 0 Å². The molecule has 2 aromatic rings. The first-order valence-corrected chi connectivity index (χ1v) is 7.40. The van der Waals surface area contributed by atoms with E-state index in [0.717, 1.165) is 5.56 Å². The second-order valence-electron chi connectivity index (χ2n) is 5.05. The fraction of sp³-hybridized carbons (Fsp3) is 0.125. The molecule has 112 valence electrons. The van der Waals surface area contributed by atoms with Crippen LogP contribution in [0.3, 0.4) is 0 Å². The summed E-state index contributed by atoms with van der Waals surface area (Å²) in [6.45, 7) is 0. The fourth-order valence-corrected chi connectivity index (χ4v) is 3.15. The summed E-state index contributed by atoms with van der Waals surface area (Å²) in [4.78, 5) is 26.0. The van der Waals surface area contributed by atoms with Gasteiger partial charge >= 0.3 is 0 Å². The number of hydrogen-bond acceptors (Lipinski definition) is 2. The maximum Gasteiger partial charge on any atom is 0.260 e. The van der Waals surface area contributed by atoms with Crippen molar-refractivity contribution >= 4 is 40.7 Å². The van der Waals surface area contributed by atoms with Crippen molar-refractivity contribution in [2.24, 2.45) is 5.73 Å². The van der Waals surface area contributed by atoms with Crippen LogP contribution in [0.25, 0.3) is 0 Å². The third-order valence-corrected chi connectivity index (χ3v) is 4.23. The number of hydrogen-bond donors (Lipinski definition) is 1. The van der Waals surface area contributed by atoms with Gasteiger partial charge in [0.25, 0.3) is 5.91 Å². The minimum absolute atomic E-state index is 0.241. The summed E-state index contributed by atoms with van der Waals surface area (Å²) in [6, 6.07) is 11.3. The maximum absolute atomic E-state index is 12.8. The molecule has 22 heavy (non-hydrogen) atoms. The summed E-state index contributed by atoms with van der Waals surface area (Å²) < 4.78 is 0. The molecule has 2 amide bonds. The molecule has 2 N–H and O–H groups in total. The van der Waals surface area contributed by atoms with E-state index in [1.165, 1.54) is 11.0 Å². The number of halogens is 2. The van der Waals surface area contributed by atoms with Crippen molar-refractivity contribution in [3.63, 3.8) is 0 Å². The number of benzene rings is 2. The predicted octanol–water partition coefficient (Wildman–Crippen LogP) is 3.05. The Bertz CT molecular complexity index is 776. The van der Waals surface area contributed by atoms with Gasteiger partial charge in [0.2, 0.25) is 5.91 Å². The van der Waals surface area contributed by atoms with E-state index in [0.29, 0.717) is 17.1 Å². The number of rotatable bonds is 2. The average Bonchev–Trinajstić information content (AvgIpc) is 2.86. The molecule has 6 heteroatoms. The lowest BCUT2D eigenvalue weighted by Gasteiger charge is -2.23. The second-order valence-corrected chi connectivity index (χ2v) is 5.89. The zero-order valence-corrected chi connectivity index (χ0v) is 12.9. The Morgan fingerprint density at radius 3 is 2.55 bits per heavy atom. The molecule has 3 rings (SSSR count). The molecular weight excluding hydrogens is 323 g/mol. The first-order chi connectivity index (χ1) is 10.5. The summed E-state index contributed by atoms with van der Waals surface area (Å²) in [7, 11) is 0. The van der Waals surface area contributed by atoms with Gasteiger partial charge in [0.1, 0.15) is 6.04 Å². The lowest BCUT2D eigenvalue weighted by Crippen LogP contribution is -2.46. The van der Waals surface area contributed by atoms with Crippen LogP contribution in [0.1, 0.15) is 15.9 Å². The molecule has 1 atom stereocenters. The standard InChI is InChI=1S/C16H12Cl2N2O2/c17-10-5-6-11(12(18)8-10)16(22)20-13-4-2-1-3-9(13)7-14(20)15(19)21/h1-6,8,14H,7H2,(H2,19,21). The first-order valence-electron chi connectivity index (χ1n) is 6.65. The van der Waals surface area contributed by atoms with Gasteiger partial charge in [-0.25, -0.2) is 0 Å². The Kier molecular flexibility index (Phi) is 3.81. The van der Waals surface area contributed by atoms with Crippen LogP contribution in [-0.2, 0) is 11.2 Å². The van der Waals surface area contributed by atoms with Crippen molar-refractivity contribution in [3.8, 4) is 0 Å². The Morgan fingerprint density at radius 1 is 1.14 bits per heavy atom. The highest BCUT2D eigenvalue weighted by Gasteiger charge is 2.37. The number of nitrogens with two attached hydrogens (primary N) is 1. The average molecular weight is 335 g/mol. The van der Waals surface area contributed by atoms with Gasteiger partial charge in [-0.05, 0) is 29.8 Å². The molecule has 0 spiro atoms. The van der Waals surface area contributed by atoms with E-state index in [-0.39, 0.29) is 16.5 Å². The van der Waals surface area contributed by atoms with Crippen LogP contribution in [-0.4, -0.2) is 17.9 Å². The summed E-state index contributed by atoms with van der Waals surface area (Å²) >= 11 is 12.0. The third kappa shape index (κ3) is 2.45. The highest BCUT2D eigenvalue weighted by molar-refractivity contribution is 6.37. The Hall–Kier alpha value is -2.04. The molecule has 1 aliphatic rings. The van der Waals surface area contributed by atoms with Gasteiger partial charge in [0.15, 0.2) is 0 Å². The molecule has 0 aromatic heterocycles. The minimum atomic E-state index is -0.711. The van der Waals surface area contributed by atoms with Gasteiger partial charge in [0, 0.05) is 17.1 Å². The molecule has 0 saturated carbocycles. The molecule has 0 aliphatic carbocycles. The zero-order chi connectivity index (χ0) is 15.9. The number of carbonyl (C=O) groups is 2. The maximum atomic E-state index is 12.8. The van der Waals surface area contributed by atoms with Crippen molar-refractivity contribution in [1.82, 2.24) is 0 Å². The molecular formula is C16H12Cl2N2O2. The van der Waals surface area contributed by atoms with Gasteiger partial charge in [-0.2, -0.15) is 0 Å². The van der Waals surface area contributed by atoms with E-state index in [1.54, 1.807) is 18.2 Å². The van der Waals surface area contributed by atoms with Gasteiger partial charge < -0.3 is 5.73 Å². The molecule has 0 saturated heterocycles. The number of carbonyl (C=O) groups excluding carboxylic acids is 2. The normalized spacial score (nSPS) is 16.5. The van der Waals surface area contributed by atoms with Gasteiger partial charge in [0.05, 0.1) is 10.6 Å². The monoisotopic (exact) mass is 334 g/mol. The Morgan fingerprint density at radius 2 is 1.86 bits per heavy atom. The summed E-state index contributed by atoms with van der Waals surface area (Å²) in [6.07, 6.45) is 0.405. The predicted molar refractivity (Wildman–Crippen MR) is 86.4 cm³/mol. The summed E-state index contributed by atoms with van der Waals surface area (Å²) in [5, 5.41) is 0.680. The van der Waals surface area contributed by atoms with Crippen LogP contribution in [0.4, 0.5) is 5.69 Å². The smallest absolute Gasteiger partial charge is 0.260 e. The largest absolute Gasteiger partial charge is 0.368 e. The fourth-order valence-electron chi connectivity index (χ4n) is 2.66. The van der Waals surface area contributed by atoms with E-state index in [9.17, 15) is 9.59 Å². The van der Waals surface area contributed by atoms with Crippen LogP contribution >= 0.6 is 23.2 Å². The molecule has 4 nitrogen and oxygen atoms in total. The highest BCUT2D eigenvalue weighted by Crippen LogP contribution is 2.34. The van der Waals surface area contributed by atoms with E-state index in [2.05, 4.69) is 0 Å². The molecule has 1 aliphatic heterocycles. The number of fused-ring (bicyclic) bond motifs is 1. The molecule has 0 radical (unpaired) electrons. The van der Waals surface area contributed by atoms with Crippen LogP contribution in [0, 0.1) is 0 Å². The van der Waals surface area contributed by atoms with Crippen LogP contribution in [0.2, 0.25) is 10.0 Å². The summed E-state index contributed by atoms with van der Waals surface area (Å²) in [5.74, 6) is -0.912. The molecule has 0 fully saturated rings. The van der Waals surface area contributed by atoms with Crippen LogP contribution in [0.15, 0.2) is 42.5 Å². The Balaban J connectivity index is 2.07. The molecule has 1 heterocycles. The van der Waals surface area contributed by atoms with E-state index >= 15 is 0 Å². The van der Waals surface area contributed by atoms with Crippen LogP contribution in [0.5, 0.6) is 0 Å². The van der Waals surface area contributed by atoms with Crippen molar-refractivity contribution in [2.45, 2.75) is 12.5 Å². The van der Waals surface area contributed by atoms with E-state index < -0.39 is 11.9 Å². The third-order valence-electron chi connectivity index (χ3n) is 3.68. The second kappa shape index (κ2) is 5.63. The number of nitrogens with zero attached hydrogens (tertiary/aromatic N) is 1. The zero-order valence-electron chi connectivity index (χ0n) is 11.4. The number of amides is 2. The summed E-state index contributed by atoms with van der Waals surface area (Å²) in [5.41, 5.74) is 7.33. The van der Waals surface area contributed by atoms with E-state index in [1.807, 2.05) is 18.2 Å². The minimum Gasteiger partial charge on any atom is -0.368 e. The SMILES string of the molecule is NC(=O)C1Cc2ccccc2N1C(=O)c1ccc(Cl)cc1Cl. The number of anilines is 1. The molecule has 2 aromatic carbocycles. The van der Waals surface area contributed by atoms with Gasteiger partial charge in [-0.3, -0.25) is 14.5 Å². The first kappa shape index (κ1) is 14.9. The number of primary amides is 1. The van der Waals surface area contributed by atoms with Crippen molar-refractivity contribution in [2.75, 3.05) is 4.90 Å². The molecule has 0 bridgehead atoms. The van der Waals surface area contributed by atoms with Gasteiger partial charge in [-0.1, -0.05) is 41.4 Å². The topological polar surface area (TPSA) is 63.4 Å². The quantitative estimate of drug-likeness (QED) is 0.917. The molecule has 1 unspecified atom stereocenters. The van der Waals surface area contributed by atoms with Crippen LogP contribution < -0.4 is 10.6 Å². The Labute approximate surface area is 137 Å².